The minimum Gasteiger partial charge on any atom is -0.497 e. The van der Waals surface area contributed by atoms with Crippen molar-refractivity contribution in [3.05, 3.63) is 128 Å². The predicted octanol–water partition coefficient (Wildman–Crippen LogP) is 5.60. The summed E-state index contributed by atoms with van der Waals surface area (Å²) in [6.45, 7) is 2.85. The number of ether oxygens (including phenoxy) is 8. The zero-order valence-electron chi connectivity index (χ0n) is 35.6. The fourth-order valence-electron chi connectivity index (χ4n) is 10.3. The Morgan fingerprint density at radius 2 is 1.29 bits per heavy atom. The molecule has 13 heteroatoms. The van der Waals surface area contributed by atoms with Crippen LogP contribution in [0.4, 0.5) is 0 Å². The third-order valence-electron chi connectivity index (χ3n) is 12.9. The Labute approximate surface area is 362 Å². The topological polar surface area (TPSA) is 149 Å². The molecule has 4 saturated carbocycles. The Hall–Kier alpha value is -4.78. The predicted molar refractivity (Wildman–Crippen MR) is 230 cm³/mol. The van der Waals surface area contributed by atoms with Gasteiger partial charge in [0.1, 0.15) is 41.6 Å². The lowest BCUT2D eigenvalue weighted by molar-refractivity contribution is -0.169. The molecular weight excluding hydrogens is 793 g/mol. The number of hydrogen-bond donors (Lipinski definition) is 2. The fourth-order valence-corrected chi connectivity index (χ4v) is 10.3. The molecule has 330 valence electrons. The van der Waals surface area contributed by atoms with Gasteiger partial charge in [0, 0.05) is 12.6 Å². The van der Waals surface area contributed by atoms with E-state index in [1.165, 1.54) is 49.3 Å². The molecule has 4 aliphatic carbocycles. The number of rotatable bonds is 20. The van der Waals surface area contributed by atoms with Crippen molar-refractivity contribution in [1.82, 2.24) is 9.55 Å². The van der Waals surface area contributed by atoms with Crippen molar-refractivity contribution in [1.29, 1.82) is 0 Å². The largest absolute Gasteiger partial charge is 0.497 e. The normalized spacial score (nSPS) is 25.1. The first-order valence-electron chi connectivity index (χ1n) is 21.8. The van der Waals surface area contributed by atoms with Gasteiger partial charge in [0.05, 0.1) is 72.2 Å². The number of nitrogens with one attached hydrogen (secondary N) is 1. The highest BCUT2D eigenvalue weighted by atomic mass is 16.6. The van der Waals surface area contributed by atoms with Gasteiger partial charge < -0.3 is 43.0 Å². The number of nitrogens with zero attached hydrogens (tertiary/aromatic N) is 1. The first-order chi connectivity index (χ1) is 30.3. The van der Waals surface area contributed by atoms with E-state index in [-0.39, 0.29) is 30.8 Å². The SMILES string of the molecule is COc1ccc(C(OC[C@H]2O[C@@H](n3cc(C#CCOCCOCCOCCOC45CC6CC(CC(C6)C4)C5)c(=O)[nH]c3=O)C[C@@H]2O)(c2ccccc2)c2ccc(OC)cc2)cc1. The maximum Gasteiger partial charge on any atom is 0.330 e. The van der Waals surface area contributed by atoms with Crippen molar-refractivity contribution in [3.8, 4) is 23.3 Å². The summed E-state index contributed by atoms with van der Waals surface area (Å²) in [7, 11) is 3.23. The molecule has 2 heterocycles. The highest BCUT2D eigenvalue weighted by molar-refractivity contribution is 5.49. The Balaban J connectivity index is 0.824. The van der Waals surface area contributed by atoms with Crippen LogP contribution in [-0.4, -0.2) is 99.5 Å². The molecule has 1 aliphatic heterocycles. The minimum atomic E-state index is -1.14. The van der Waals surface area contributed by atoms with E-state index in [2.05, 4.69) is 16.8 Å². The monoisotopic (exact) mass is 850 g/mol. The van der Waals surface area contributed by atoms with E-state index in [1.54, 1.807) is 14.2 Å². The highest BCUT2D eigenvalue weighted by Crippen LogP contribution is 2.57. The van der Waals surface area contributed by atoms with Crippen LogP contribution in [0.15, 0.2) is 94.6 Å². The highest BCUT2D eigenvalue weighted by Gasteiger charge is 2.51. The number of aliphatic hydroxyl groups is 1. The summed E-state index contributed by atoms with van der Waals surface area (Å²) in [6, 6.07) is 25.1. The molecule has 0 unspecified atom stereocenters. The van der Waals surface area contributed by atoms with Gasteiger partial charge in [-0.1, -0.05) is 66.4 Å². The number of methoxy groups -OCH3 is 2. The average Bonchev–Trinajstić information content (AvgIpc) is 3.65. The number of H-pyrrole nitrogens is 1. The molecule has 2 N–H and O–H groups in total. The number of hydrogen-bond acceptors (Lipinski definition) is 11. The second kappa shape index (κ2) is 20.2. The van der Waals surface area contributed by atoms with Crippen molar-refractivity contribution < 1.29 is 43.0 Å². The molecule has 13 nitrogen and oxygen atoms in total. The van der Waals surface area contributed by atoms with Crippen molar-refractivity contribution in [2.24, 2.45) is 17.8 Å². The Morgan fingerprint density at radius 3 is 1.87 bits per heavy atom. The third-order valence-corrected chi connectivity index (χ3v) is 12.9. The molecule has 1 aromatic heterocycles. The summed E-state index contributed by atoms with van der Waals surface area (Å²) >= 11 is 0. The lowest BCUT2D eigenvalue weighted by Gasteiger charge is -2.56. The fraction of sp³-hybridized carbons (Fsp3) is 0.510. The summed E-state index contributed by atoms with van der Waals surface area (Å²) < 4.78 is 48.8. The molecule has 0 spiro atoms. The second-order valence-corrected chi connectivity index (χ2v) is 17.0. The first kappa shape index (κ1) is 43.9. The van der Waals surface area contributed by atoms with Gasteiger partial charge in [-0.3, -0.25) is 14.3 Å². The summed E-state index contributed by atoms with van der Waals surface area (Å²) in [5, 5.41) is 11.3. The van der Waals surface area contributed by atoms with Gasteiger partial charge >= 0.3 is 5.69 Å². The molecule has 3 aromatic carbocycles. The van der Waals surface area contributed by atoms with Crippen LogP contribution in [-0.2, 0) is 34.0 Å². The van der Waals surface area contributed by atoms with Gasteiger partial charge in [0.15, 0.2) is 0 Å². The van der Waals surface area contributed by atoms with E-state index in [4.69, 9.17) is 37.9 Å². The summed E-state index contributed by atoms with van der Waals surface area (Å²) in [6.07, 6.45) is 6.65. The smallest absolute Gasteiger partial charge is 0.330 e. The van der Waals surface area contributed by atoms with Crippen LogP contribution in [0.5, 0.6) is 11.5 Å². The van der Waals surface area contributed by atoms with Gasteiger partial charge in [-0.25, -0.2) is 4.79 Å². The quantitative estimate of drug-likeness (QED) is 0.0651. The Bertz CT molecular complexity index is 2160. The average molecular weight is 851 g/mol. The van der Waals surface area contributed by atoms with E-state index in [9.17, 15) is 14.7 Å². The van der Waals surface area contributed by atoms with Crippen LogP contribution in [0, 0.1) is 29.6 Å². The minimum absolute atomic E-state index is 0.0417. The van der Waals surface area contributed by atoms with Crippen molar-refractivity contribution in [3.63, 3.8) is 0 Å². The van der Waals surface area contributed by atoms with Gasteiger partial charge in [0.25, 0.3) is 5.56 Å². The number of benzene rings is 3. The molecule has 0 radical (unpaired) electrons. The Kier molecular flexibility index (Phi) is 14.3. The van der Waals surface area contributed by atoms with E-state index >= 15 is 0 Å². The molecule has 62 heavy (non-hydrogen) atoms. The molecular formula is C49H58N2O11. The number of aromatic nitrogens is 2. The molecule has 9 rings (SSSR count). The molecule has 5 fully saturated rings. The van der Waals surface area contributed by atoms with Crippen LogP contribution in [0.2, 0.25) is 0 Å². The van der Waals surface area contributed by atoms with Gasteiger partial charge in [-0.05, 0) is 97.2 Å². The standard InChI is InChI=1S/C49H58N2O11/c1-55-41-14-10-39(11-15-41)49(38-8-4-3-5-9-38,40-12-16-42(56-2)17-13-40)61-33-44-43(52)28-45(62-44)51-32-37(46(53)50-47(51)54)7-6-18-57-19-20-58-21-22-59-23-24-60-48-29-34-25-35(30-48)27-36(26-34)31-48/h3-5,8-17,32,34-36,43-45,52H,18-31,33H2,1-2H3,(H,50,53,54)/t34?,35?,36?,43-,44+,45+,48?/m0/s1. The molecule has 4 bridgehead atoms. The van der Waals surface area contributed by atoms with E-state index < -0.39 is 35.3 Å². The van der Waals surface area contributed by atoms with Gasteiger partial charge in [0.2, 0.25) is 0 Å². The number of aromatic amines is 1. The van der Waals surface area contributed by atoms with Crippen LogP contribution in [0.25, 0.3) is 0 Å². The van der Waals surface area contributed by atoms with E-state index in [0.29, 0.717) is 51.1 Å². The van der Waals surface area contributed by atoms with Crippen LogP contribution >= 0.6 is 0 Å². The first-order valence-corrected chi connectivity index (χ1v) is 21.8. The zero-order valence-corrected chi connectivity index (χ0v) is 35.6. The summed E-state index contributed by atoms with van der Waals surface area (Å²) in [4.78, 5) is 28.1. The van der Waals surface area contributed by atoms with Gasteiger partial charge in [-0.2, -0.15) is 0 Å². The second-order valence-electron chi connectivity index (χ2n) is 17.0. The Morgan fingerprint density at radius 1 is 0.742 bits per heavy atom. The van der Waals surface area contributed by atoms with Crippen LogP contribution < -0.4 is 20.7 Å². The molecule has 0 amide bonds. The van der Waals surface area contributed by atoms with Crippen molar-refractivity contribution >= 4 is 0 Å². The summed E-state index contributed by atoms with van der Waals surface area (Å²) in [5.74, 6) is 9.62. The molecule has 1 saturated heterocycles. The summed E-state index contributed by atoms with van der Waals surface area (Å²) in [5.41, 5.74) is 0.221. The maximum absolute atomic E-state index is 13.1. The maximum atomic E-state index is 13.1. The van der Waals surface area contributed by atoms with Crippen molar-refractivity contribution in [2.45, 2.75) is 74.6 Å². The lowest BCUT2D eigenvalue weighted by Crippen LogP contribution is -2.52. The number of aliphatic hydroxyl groups excluding tert-OH is 1. The van der Waals surface area contributed by atoms with Crippen LogP contribution in [0.3, 0.4) is 0 Å². The van der Waals surface area contributed by atoms with Crippen LogP contribution in [0.1, 0.15) is 73.4 Å². The molecule has 3 atom stereocenters. The van der Waals surface area contributed by atoms with Crippen molar-refractivity contribution in [2.75, 3.05) is 67.1 Å². The zero-order chi connectivity index (χ0) is 42.9. The lowest BCUT2D eigenvalue weighted by atomic mass is 9.54. The van der Waals surface area contributed by atoms with Gasteiger partial charge in [-0.15, -0.1) is 0 Å². The van der Waals surface area contributed by atoms with E-state index in [1.807, 2.05) is 78.9 Å². The third kappa shape index (κ3) is 10.0. The van der Waals surface area contributed by atoms with E-state index in [0.717, 1.165) is 34.4 Å². The molecule has 4 aromatic rings. The molecule has 5 aliphatic rings.